The number of hydrogen-bond donors (Lipinski definition) is 2. The van der Waals surface area contributed by atoms with Gasteiger partial charge in [-0.05, 0) is 24.5 Å². The number of aromatic nitrogens is 4. The molecule has 0 fully saturated rings. The van der Waals surface area contributed by atoms with Gasteiger partial charge in [0.2, 0.25) is 16.9 Å². The molecular weight excluding hydrogens is 396 g/mol. The van der Waals surface area contributed by atoms with E-state index in [2.05, 4.69) is 57.0 Å². The molecule has 0 atom stereocenters. The third-order valence-corrected chi connectivity index (χ3v) is 5.86. The predicted octanol–water partition coefficient (Wildman–Crippen LogP) is 4.39. The molecular formula is C18H22N6O2S2. The van der Waals surface area contributed by atoms with Crippen LogP contribution in [0.15, 0.2) is 27.0 Å². The van der Waals surface area contributed by atoms with Crippen molar-refractivity contribution in [2.24, 2.45) is 0 Å². The summed E-state index contributed by atoms with van der Waals surface area (Å²) in [6, 6.07) is 6.32. The minimum Gasteiger partial charge on any atom is -0.408 e. The van der Waals surface area contributed by atoms with Crippen molar-refractivity contribution in [3.63, 3.8) is 0 Å². The fraction of sp³-hybridized carbons (Fsp3) is 0.389. The van der Waals surface area contributed by atoms with E-state index in [0.29, 0.717) is 15.4 Å². The maximum Gasteiger partial charge on any atom is 0.322 e. The standard InChI is InChI=1S/C18H22N6O2S2/c1-5-12-8-6-7-11(4)14(12)20-17-23-24-18(28-17)27-9-13(25)19-16-22-21-15(26-16)10(2)3/h6-8,10H,5,9H2,1-4H3,(H,20,23)(H,19,22,25). The number of thioether (sulfide) groups is 1. The lowest BCUT2D eigenvalue weighted by Gasteiger charge is -2.11. The van der Waals surface area contributed by atoms with Crippen LogP contribution in [-0.4, -0.2) is 32.1 Å². The SMILES string of the molecule is CCc1cccc(C)c1Nc1nnc(SCC(=O)Nc2nnc(C(C)C)o2)s1. The Morgan fingerprint density at radius 1 is 1.25 bits per heavy atom. The lowest BCUT2D eigenvalue weighted by molar-refractivity contribution is -0.113. The number of anilines is 3. The van der Waals surface area contributed by atoms with Crippen molar-refractivity contribution in [1.82, 2.24) is 20.4 Å². The van der Waals surface area contributed by atoms with Crippen LogP contribution in [0.5, 0.6) is 0 Å². The molecule has 0 bridgehead atoms. The maximum atomic E-state index is 12.1. The Kier molecular flexibility index (Phi) is 6.63. The highest BCUT2D eigenvalue weighted by Gasteiger charge is 2.14. The molecule has 2 aromatic heterocycles. The minimum absolute atomic E-state index is 0.112. The molecule has 0 aliphatic carbocycles. The third-order valence-electron chi connectivity index (χ3n) is 3.89. The van der Waals surface area contributed by atoms with E-state index in [9.17, 15) is 4.79 Å². The fourth-order valence-corrected chi connectivity index (χ4v) is 3.98. The number of nitrogens with one attached hydrogen (secondary N) is 2. The summed E-state index contributed by atoms with van der Waals surface area (Å²) < 4.78 is 6.08. The van der Waals surface area contributed by atoms with Gasteiger partial charge in [0.15, 0.2) is 4.34 Å². The molecule has 8 nitrogen and oxygen atoms in total. The van der Waals surface area contributed by atoms with Crippen LogP contribution in [0.4, 0.5) is 16.8 Å². The first kappa shape index (κ1) is 20.3. The van der Waals surface area contributed by atoms with Crippen molar-refractivity contribution >= 4 is 45.8 Å². The van der Waals surface area contributed by atoms with E-state index >= 15 is 0 Å². The maximum absolute atomic E-state index is 12.1. The molecule has 0 radical (unpaired) electrons. The molecule has 0 spiro atoms. The van der Waals surface area contributed by atoms with E-state index in [1.807, 2.05) is 19.9 Å². The highest BCUT2D eigenvalue weighted by Crippen LogP contribution is 2.30. The number of carbonyl (C=O) groups is 1. The Balaban J connectivity index is 1.55. The number of amides is 1. The van der Waals surface area contributed by atoms with Gasteiger partial charge in [0.05, 0.1) is 5.75 Å². The Morgan fingerprint density at radius 3 is 2.79 bits per heavy atom. The first-order chi connectivity index (χ1) is 13.5. The number of aryl methyl sites for hydroxylation is 2. The van der Waals surface area contributed by atoms with E-state index in [0.717, 1.165) is 17.7 Å². The number of hydrogen-bond acceptors (Lipinski definition) is 9. The monoisotopic (exact) mass is 418 g/mol. The minimum atomic E-state index is -0.235. The first-order valence-electron chi connectivity index (χ1n) is 8.91. The Morgan fingerprint density at radius 2 is 2.07 bits per heavy atom. The second-order valence-electron chi connectivity index (χ2n) is 6.40. The Labute approximate surface area is 171 Å². The number of nitrogens with zero attached hydrogens (tertiary/aromatic N) is 4. The van der Waals surface area contributed by atoms with Gasteiger partial charge >= 0.3 is 6.01 Å². The summed E-state index contributed by atoms with van der Waals surface area (Å²) in [6.45, 7) is 8.06. The summed E-state index contributed by atoms with van der Waals surface area (Å²) in [7, 11) is 0. The zero-order valence-corrected chi connectivity index (χ0v) is 17.8. The Bertz CT molecular complexity index is 953. The number of carbonyl (C=O) groups excluding carboxylic acids is 1. The second-order valence-corrected chi connectivity index (χ2v) is 8.60. The molecule has 0 saturated heterocycles. The normalized spacial score (nSPS) is 11.0. The summed E-state index contributed by atoms with van der Waals surface area (Å²) in [5.74, 6) is 0.547. The summed E-state index contributed by atoms with van der Waals surface area (Å²) in [4.78, 5) is 12.1. The van der Waals surface area contributed by atoms with Crippen LogP contribution in [0.2, 0.25) is 0 Å². The molecule has 0 saturated carbocycles. The molecule has 10 heteroatoms. The fourth-order valence-electron chi connectivity index (χ4n) is 2.43. The van der Waals surface area contributed by atoms with Gasteiger partial charge in [0.25, 0.3) is 0 Å². The highest BCUT2D eigenvalue weighted by atomic mass is 32.2. The van der Waals surface area contributed by atoms with Crippen molar-refractivity contribution in [1.29, 1.82) is 0 Å². The molecule has 2 N–H and O–H groups in total. The van der Waals surface area contributed by atoms with E-state index < -0.39 is 0 Å². The molecule has 0 aliphatic rings. The van der Waals surface area contributed by atoms with Crippen molar-refractivity contribution in [2.75, 3.05) is 16.4 Å². The second kappa shape index (κ2) is 9.16. The topological polar surface area (TPSA) is 106 Å². The molecule has 0 aliphatic heterocycles. The molecule has 3 aromatic rings. The van der Waals surface area contributed by atoms with Crippen LogP contribution in [-0.2, 0) is 11.2 Å². The van der Waals surface area contributed by atoms with Gasteiger partial charge < -0.3 is 9.73 Å². The molecule has 2 heterocycles. The lowest BCUT2D eigenvalue weighted by Crippen LogP contribution is -2.14. The molecule has 3 rings (SSSR count). The van der Waals surface area contributed by atoms with E-state index in [-0.39, 0.29) is 23.6 Å². The van der Waals surface area contributed by atoms with Crippen molar-refractivity contribution in [3.05, 3.63) is 35.2 Å². The summed E-state index contributed by atoms with van der Waals surface area (Å²) in [5.41, 5.74) is 3.44. The largest absolute Gasteiger partial charge is 0.408 e. The molecule has 28 heavy (non-hydrogen) atoms. The van der Waals surface area contributed by atoms with Crippen molar-refractivity contribution < 1.29 is 9.21 Å². The zero-order valence-electron chi connectivity index (χ0n) is 16.1. The van der Waals surface area contributed by atoms with Crippen LogP contribution >= 0.6 is 23.1 Å². The highest BCUT2D eigenvalue weighted by molar-refractivity contribution is 8.01. The molecule has 148 valence electrons. The van der Waals surface area contributed by atoms with Crippen LogP contribution in [0, 0.1) is 6.92 Å². The quantitative estimate of drug-likeness (QED) is 0.519. The van der Waals surface area contributed by atoms with Crippen LogP contribution < -0.4 is 10.6 Å². The number of benzene rings is 1. The summed E-state index contributed by atoms with van der Waals surface area (Å²) in [5, 5.41) is 22.7. The average molecular weight is 419 g/mol. The summed E-state index contributed by atoms with van der Waals surface area (Å²) >= 11 is 2.72. The zero-order chi connectivity index (χ0) is 20.1. The van der Waals surface area contributed by atoms with E-state index in [4.69, 9.17) is 4.42 Å². The lowest BCUT2D eigenvalue weighted by atomic mass is 10.1. The first-order valence-corrected chi connectivity index (χ1v) is 10.7. The van der Waals surface area contributed by atoms with Gasteiger partial charge in [-0.1, -0.05) is 67.2 Å². The van der Waals surface area contributed by atoms with E-state index in [1.54, 1.807) is 0 Å². The van der Waals surface area contributed by atoms with Gasteiger partial charge in [-0.3, -0.25) is 10.1 Å². The van der Waals surface area contributed by atoms with Gasteiger partial charge in [0.1, 0.15) is 0 Å². The van der Waals surface area contributed by atoms with Crippen LogP contribution in [0.3, 0.4) is 0 Å². The van der Waals surface area contributed by atoms with Gasteiger partial charge in [-0.2, -0.15) is 0 Å². The van der Waals surface area contributed by atoms with Crippen molar-refractivity contribution in [3.8, 4) is 0 Å². The van der Waals surface area contributed by atoms with Gasteiger partial charge in [-0.25, -0.2) is 0 Å². The predicted molar refractivity (Wildman–Crippen MR) is 111 cm³/mol. The average Bonchev–Trinajstić information content (AvgIpc) is 3.31. The van der Waals surface area contributed by atoms with Gasteiger partial charge in [-0.15, -0.1) is 15.3 Å². The molecule has 1 aromatic carbocycles. The number of rotatable bonds is 8. The smallest absolute Gasteiger partial charge is 0.322 e. The molecule has 1 amide bonds. The van der Waals surface area contributed by atoms with Gasteiger partial charge in [0, 0.05) is 11.6 Å². The van der Waals surface area contributed by atoms with Crippen LogP contribution in [0.1, 0.15) is 43.7 Å². The number of para-hydroxylation sites is 1. The van der Waals surface area contributed by atoms with Crippen molar-refractivity contribution in [2.45, 2.75) is 44.4 Å². The van der Waals surface area contributed by atoms with Crippen LogP contribution in [0.25, 0.3) is 0 Å². The van der Waals surface area contributed by atoms with E-state index in [1.165, 1.54) is 28.7 Å². The summed E-state index contributed by atoms with van der Waals surface area (Å²) in [6.07, 6.45) is 0.929. The molecule has 0 unspecified atom stereocenters. The third kappa shape index (κ3) is 5.08. The Hall–Kier alpha value is -2.46.